The molecule has 0 bridgehead atoms. The van der Waals surface area contributed by atoms with Crippen molar-refractivity contribution in [1.29, 1.82) is 0 Å². The van der Waals surface area contributed by atoms with Crippen molar-refractivity contribution in [3.8, 4) is 5.75 Å². The van der Waals surface area contributed by atoms with E-state index in [1.165, 1.54) is 0 Å². The van der Waals surface area contributed by atoms with E-state index >= 15 is 0 Å². The zero-order chi connectivity index (χ0) is 15.5. The van der Waals surface area contributed by atoms with Crippen molar-refractivity contribution in [2.75, 3.05) is 13.2 Å². The summed E-state index contributed by atoms with van der Waals surface area (Å²) in [5.74, 6) is 0.750. The Kier molecular flexibility index (Phi) is 4.64. The number of aryl methyl sites for hydroxylation is 1. The first-order valence-corrected chi connectivity index (χ1v) is 8.58. The fourth-order valence-electron chi connectivity index (χ4n) is 2.44. The molecule has 22 heavy (non-hydrogen) atoms. The Morgan fingerprint density at radius 3 is 3.18 bits per heavy atom. The van der Waals surface area contributed by atoms with Crippen molar-refractivity contribution >= 4 is 28.8 Å². The van der Waals surface area contributed by atoms with Crippen LogP contribution in [0.25, 0.3) is 0 Å². The summed E-state index contributed by atoms with van der Waals surface area (Å²) in [6.45, 7) is 3.63. The van der Waals surface area contributed by atoms with E-state index in [2.05, 4.69) is 11.9 Å². The zero-order valence-electron chi connectivity index (χ0n) is 12.3. The summed E-state index contributed by atoms with van der Waals surface area (Å²) in [6.07, 6.45) is 1.95. The van der Waals surface area contributed by atoms with Crippen molar-refractivity contribution in [3.63, 3.8) is 0 Å². The molecular formula is C16H17ClN2O2S. The summed E-state index contributed by atoms with van der Waals surface area (Å²) in [4.78, 5) is 18.9. The quantitative estimate of drug-likeness (QED) is 0.856. The number of hydrogen-bond acceptors (Lipinski definition) is 4. The monoisotopic (exact) mass is 336 g/mol. The van der Waals surface area contributed by atoms with E-state index < -0.39 is 0 Å². The van der Waals surface area contributed by atoms with E-state index in [9.17, 15) is 4.79 Å². The SMILES string of the molecule is CCCc1nc(C(=O)N2CCOc3ccc(Cl)cc3C2)cs1. The normalized spacial score (nSPS) is 14.2. The Bertz CT molecular complexity index is 687. The second kappa shape index (κ2) is 6.67. The molecule has 1 aromatic carbocycles. The van der Waals surface area contributed by atoms with Crippen molar-refractivity contribution in [2.45, 2.75) is 26.3 Å². The molecule has 0 N–H and O–H groups in total. The number of carbonyl (C=O) groups excluding carboxylic acids is 1. The van der Waals surface area contributed by atoms with Crippen LogP contribution in [0.3, 0.4) is 0 Å². The first-order chi connectivity index (χ1) is 10.7. The molecule has 4 nitrogen and oxygen atoms in total. The van der Waals surface area contributed by atoms with Gasteiger partial charge in [0.25, 0.3) is 5.91 Å². The summed E-state index contributed by atoms with van der Waals surface area (Å²) in [6, 6.07) is 5.51. The first-order valence-electron chi connectivity index (χ1n) is 7.32. The highest BCUT2D eigenvalue weighted by Gasteiger charge is 2.23. The molecule has 116 valence electrons. The number of amides is 1. The third-order valence-electron chi connectivity index (χ3n) is 3.52. The second-order valence-electron chi connectivity index (χ2n) is 5.20. The van der Waals surface area contributed by atoms with E-state index in [0.717, 1.165) is 29.2 Å². The van der Waals surface area contributed by atoms with Crippen LogP contribution < -0.4 is 4.74 Å². The van der Waals surface area contributed by atoms with E-state index in [4.69, 9.17) is 16.3 Å². The summed E-state index contributed by atoms with van der Waals surface area (Å²) < 4.78 is 5.69. The highest BCUT2D eigenvalue weighted by atomic mass is 35.5. The van der Waals surface area contributed by atoms with Gasteiger partial charge in [0.05, 0.1) is 11.6 Å². The highest BCUT2D eigenvalue weighted by Crippen LogP contribution is 2.27. The van der Waals surface area contributed by atoms with Crippen molar-refractivity contribution in [3.05, 3.63) is 44.9 Å². The third kappa shape index (κ3) is 3.25. The Hall–Kier alpha value is -1.59. The summed E-state index contributed by atoms with van der Waals surface area (Å²) in [5.41, 5.74) is 1.46. The highest BCUT2D eigenvalue weighted by molar-refractivity contribution is 7.09. The van der Waals surface area contributed by atoms with Crippen LogP contribution in [0, 0.1) is 0 Å². The van der Waals surface area contributed by atoms with Gasteiger partial charge in [-0.05, 0) is 31.0 Å². The predicted octanol–water partition coefficient (Wildman–Crippen LogP) is 3.78. The van der Waals surface area contributed by atoms with Crippen LogP contribution in [-0.2, 0) is 13.0 Å². The largest absolute Gasteiger partial charge is 0.491 e. The molecule has 0 atom stereocenters. The number of nitrogens with zero attached hydrogens (tertiary/aromatic N) is 2. The summed E-state index contributed by atoms with van der Waals surface area (Å²) >= 11 is 7.59. The number of rotatable bonds is 3. The summed E-state index contributed by atoms with van der Waals surface area (Å²) in [5, 5.41) is 3.51. The Morgan fingerprint density at radius 1 is 1.50 bits per heavy atom. The Morgan fingerprint density at radius 2 is 2.36 bits per heavy atom. The number of ether oxygens (including phenoxy) is 1. The lowest BCUT2D eigenvalue weighted by Gasteiger charge is -2.18. The van der Waals surface area contributed by atoms with Crippen molar-refractivity contribution < 1.29 is 9.53 Å². The standard InChI is InChI=1S/C16H17ClN2O2S/c1-2-3-15-18-13(10-22-15)16(20)19-6-7-21-14-5-4-12(17)8-11(14)9-19/h4-5,8,10H,2-3,6-7,9H2,1H3. The smallest absolute Gasteiger partial charge is 0.273 e. The minimum Gasteiger partial charge on any atom is -0.491 e. The number of aromatic nitrogens is 1. The lowest BCUT2D eigenvalue weighted by molar-refractivity contribution is 0.0728. The van der Waals surface area contributed by atoms with E-state index in [0.29, 0.717) is 30.4 Å². The van der Waals surface area contributed by atoms with Crippen LogP contribution in [0.4, 0.5) is 0 Å². The lowest BCUT2D eigenvalue weighted by atomic mass is 10.2. The van der Waals surface area contributed by atoms with E-state index in [-0.39, 0.29) is 5.91 Å². The van der Waals surface area contributed by atoms with Gasteiger partial charge in [-0.1, -0.05) is 18.5 Å². The topological polar surface area (TPSA) is 42.4 Å². The number of fused-ring (bicyclic) bond motifs is 1. The molecule has 0 fully saturated rings. The molecule has 0 radical (unpaired) electrons. The van der Waals surface area contributed by atoms with Gasteiger partial charge in [-0.25, -0.2) is 4.98 Å². The van der Waals surface area contributed by atoms with Crippen LogP contribution in [0.2, 0.25) is 5.02 Å². The minimum atomic E-state index is -0.0463. The molecule has 1 aliphatic rings. The van der Waals surface area contributed by atoms with Gasteiger partial charge in [-0.2, -0.15) is 0 Å². The fraction of sp³-hybridized carbons (Fsp3) is 0.375. The van der Waals surface area contributed by atoms with Gasteiger partial charge in [0.1, 0.15) is 18.1 Å². The van der Waals surface area contributed by atoms with Gasteiger partial charge in [-0.3, -0.25) is 4.79 Å². The number of thiazole rings is 1. The molecule has 0 unspecified atom stereocenters. The molecule has 1 amide bonds. The van der Waals surface area contributed by atoms with E-state index in [1.54, 1.807) is 22.3 Å². The van der Waals surface area contributed by atoms with E-state index in [1.807, 2.05) is 17.5 Å². The predicted molar refractivity (Wildman–Crippen MR) is 87.8 cm³/mol. The van der Waals surface area contributed by atoms with Crippen LogP contribution in [0.15, 0.2) is 23.6 Å². The molecular weight excluding hydrogens is 320 g/mol. The van der Waals surface area contributed by atoms with Crippen LogP contribution in [-0.4, -0.2) is 28.9 Å². The van der Waals surface area contributed by atoms with Crippen LogP contribution in [0.5, 0.6) is 5.75 Å². The van der Waals surface area contributed by atoms with Crippen molar-refractivity contribution in [2.24, 2.45) is 0 Å². The summed E-state index contributed by atoms with van der Waals surface area (Å²) in [7, 11) is 0. The van der Waals surface area contributed by atoms with Gasteiger partial charge in [0, 0.05) is 22.5 Å². The minimum absolute atomic E-state index is 0.0463. The Balaban J connectivity index is 1.80. The number of carbonyl (C=O) groups is 1. The van der Waals surface area contributed by atoms with Gasteiger partial charge >= 0.3 is 0 Å². The first kappa shape index (κ1) is 15.3. The fourth-order valence-corrected chi connectivity index (χ4v) is 3.50. The number of halogens is 1. The maximum atomic E-state index is 12.6. The lowest BCUT2D eigenvalue weighted by Crippen LogP contribution is -2.32. The molecule has 2 aromatic rings. The number of benzene rings is 1. The zero-order valence-corrected chi connectivity index (χ0v) is 13.9. The van der Waals surface area contributed by atoms with Crippen LogP contribution >= 0.6 is 22.9 Å². The molecule has 1 aromatic heterocycles. The molecule has 0 aliphatic carbocycles. The molecule has 1 aliphatic heterocycles. The molecule has 0 saturated heterocycles. The molecule has 0 saturated carbocycles. The van der Waals surface area contributed by atoms with Gasteiger partial charge < -0.3 is 9.64 Å². The molecule has 0 spiro atoms. The molecule has 2 heterocycles. The number of hydrogen-bond donors (Lipinski definition) is 0. The molecule has 6 heteroatoms. The third-order valence-corrected chi connectivity index (χ3v) is 4.67. The Labute approximate surface area is 138 Å². The van der Waals surface area contributed by atoms with Crippen molar-refractivity contribution in [1.82, 2.24) is 9.88 Å². The maximum absolute atomic E-state index is 12.6. The van der Waals surface area contributed by atoms with Gasteiger partial charge in [0.15, 0.2) is 0 Å². The average molecular weight is 337 g/mol. The van der Waals surface area contributed by atoms with Gasteiger partial charge in [-0.15, -0.1) is 11.3 Å². The second-order valence-corrected chi connectivity index (χ2v) is 6.58. The maximum Gasteiger partial charge on any atom is 0.273 e. The van der Waals surface area contributed by atoms with Crippen LogP contribution in [0.1, 0.15) is 34.4 Å². The van der Waals surface area contributed by atoms with Gasteiger partial charge in [0.2, 0.25) is 0 Å². The molecule has 3 rings (SSSR count). The average Bonchev–Trinajstić information content (AvgIpc) is 2.86.